The molecule has 1 aliphatic heterocycles. The molecule has 4 atom stereocenters. The van der Waals surface area contributed by atoms with Gasteiger partial charge in [-0.25, -0.2) is 4.79 Å². The van der Waals surface area contributed by atoms with E-state index in [9.17, 15) is 32.7 Å². The van der Waals surface area contributed by atoms with Crippen molar-refractivity contribution in [3.63, 3.8) is 0 Å². The number of nitrogens with zero attached hydrogens (tertiary/aromatic N) is 2. The number of para-hydroxylation sites is 1. The number of fused-ring (bicyclic) bond motifs is 1. The number of halogens is 3. The van der Waals surface area contributed by atoms with Gasteiger partial charge in [0.2, 0.25) is 5.91 Å². The number of likely N-dealkylation sites (N-methyl/N-ethyl adjacent to an activating group) is 1. The van der Waals surface area contributed by atoms with Crippen LogP contribution in [0.4, 0.5) is 29.3 Å². The Kier molecular flexibility index (Phi) is 13.7. The van der Waals surface area contributed by atoms with E-state index in [4.69, 9.17) is 9.47 Å². The van der Waals surface area contributed by atoms with Gasteiger partial charge in [0.1, 0.15) is 5.75 Å². The van der Waals surface area contributed by atoms with Crippen molar-refractivity contribution >= 4 is 29.2 Å². The van der Waals surface area contributed by atoms with Crippen LogP contribution in [-0.2, 0) is 9.53 Å². The molecule has 1 heterocycles. The quantitative estimate of drug-likeness (QED) is 0.326. The number of hydrogen-bond acceptors (Lipinski definition) is 6. The number of alkyl halides is 3. The molecular formula is C33H45F3N4O6. The van der Waals surface area contributed by atoms with Crippen LogP contribution in [0.15, 0.2) is 48.5 Å². The Morgan fingerprint density at radius 3 is 2.48 bits per heavy atom. The summed E-state index contributed by atoms with van der Waals surface area (Å²) in [5.74, 6) is -1.36. The Morgan fingerprint density at radius 1 is 1.09 bits per heavy atom. The van der Waals surface area contributed by atoms with Crippen LogP contribution in [0, 0.1) is 5.92 Å². The van der Waals surface area contributed by atoms with Crippen LogP contribution in [0.2, 0.25) is 0 Å². The van der Waals surface area contributed by atoms with Crippen LogP contribution in [0.3, 0.4) is 0 Å². The Balaban J connectivity index is 1.88. The van der Waals surface area contributed by atoms with Crippen molar-refractivity contribution in [1.29, 1.82) is 0 Å². The second-order valence-corrected chi connectivity index (χ2v) is 11.9. The first-order valence-electron chi connectivity index (χ1n) is 15.5. The van der Waals surface area contributed by atoms with Gasteiger partial charge in [0, 0.05) is 50.5 Å². The van der Waals surface area contributed by atoms with Crippen molar-refractivity contribution in [3.8, 4) is 5.75 Å². The van der Waals surface area contributed by atoms with Gasteiger partial charge in [0.15, 0.2) is 0 Å². The molecule has 0 saturated carbocycles. The molecule has 3 rings (SSSR count). The lowest BCUT2D eigenvalue weighted by Crippen LogP contribution is -2.48. The molecule has 0 aromatic heterocycles. The minimum absolute atomic E-state index is 0.0989. The Morgan fingerprint density at radius 2 is 1.80 bits per heavy atom. The zero-order chi connectivity index (χ0) is 33.9. The second-order valence-electron chi connectivity index (χ2n) is 11.9. The van der Waals surface area contributed by atoms with E-state index in [2.05, 4.69) is 10.6 Å². The van der Waals surface area contributed by atoms with Crippen molar-refractivity contribution in [2.24, 2.45) is 5.92 Å². The fraction of sp³-hybridized carbons (Fsp3) is 0.545. The Hall–Kier alpha value is -3.84. The van der Waals surface area contributed by atoms with E-state index in [1.54, 1.807) is 26.1 Å². The lowest BCUT2D eigenvalue weighted by molar-refractivity contribution is -0.142. The number of carbonyl (C=O) groups is 3. The highest BCUT2D eigenvalue weighted by Gasteiger charge is 2.31. The average Bonchev–Trinajstić information content (AvgIpc) is 3.01. The molecule has 0 bridgehead atoms. The van der Waals surface area contributed by atoms with Gasteiger partial charge >= 0.3 is 12.2 Å². The third kappa shape index (κ3) is 11.5. The summed E-state index contributed by atoms with van der Waals surface area (Å²) in [7, 11) is 1.67. The van der Waals surface area contributed by atoms with Gasteiger partial charge in [-0.05, 0) is 63.4 Å². The van der Waals surface area contributed by atoms with Crippen molar-refractivity contribution < 1.29 is 42.1 Å². The lowest BCUT2D eigenvalue weighted by atomic mass is 10.0. The predicted octanol–water partition coefficient (Wildman–Crippen LogP) is 5.93. The van der Waals surface area contributed by atoms with E-state index in [-0.39, 0.29) is 54.7 Å². The van der Waals surface area contributed by atoms with E-state index >= 15 is 0 Å². The third-order valence-electron chi connectivity index (χ3n) is 7.80. The fourth-order valence-electron chi connectivity index (χ4n) is 5.03. The fourth-order valence-corrected chi connectivity index (χ4v) is 5.03. The molecule has 0 aliphatic carbocycles. The second kappa shape index (κ2) is 17.2. The topological polar surface area (TPSA) is 120 Å². The van der Waals surface area contributed by atoms with Crippen LogP contribution in [-0.4, -0.2) is 90.5 Å². The van der Waals surface area contributed by atoms with Crippen LogP contribution >= 0.6 is 0 Å². The maximum Gasteiger partial charge on any atom is 0.389 e. The zero-order valence-corrected chi connectivity index (χ0v) is 26.8. The number of benzene rings is 2. The number of nitrogens with one attached hydrogen (secondary N) is 2. The Labute approximate surface area is 268 Å². The highest BCUT2D eigenvalue weighted by molar-refractivity contribution is 5.99. The smallest absolute Gasteiger partial charge is 0.389 e. The molecule has 2 aromatic rings. The molecule has 0 radical (unpaired) electrons. The first kappa shape index (κ1) is 36.6. The molecule has 254 valence electrons. The summed E-state index contributed by atoms with van der Waals surface area (Å²) in [5, 5.41) is 15.4. The molecule has 0 unspecified atom stereocenters. The molecule has 4 amide bonds. The first-order chi connectivity index (χ1) is 21.8. The molecule has 0 saturated heterocycles. The molecule has 0 fully saturated rings. The van der Waals surface area contributed by atoms with E-state index in [0.717, 1.165) is 12.8 Å². The number of aliphatic hydroxyl groups excluding tert-OH is 1. The highest BCUT2D eigenvalue weighted by Crippen LogP contribution is 2.29. The van der Waals surface area contributed by atoms with Crippen LogP contribution in [0.5, 0.6) is 5.75 Å². The van der Waals surface area contributed by atoms with Crippen LogP contribution in [0.25, 0.3) is 0 Å². The van der Waals surface area contributed by atoms with Gasteiger partial charge in [-0.2, -0.15) is 13.2 Å². The Bertz CT molecular complexity index is 1300. The number of aliphatic hydroxyl groups is 1. The van der Waals surface area contributed by atoms with Gasteiger partial charge in [0.05, 0.1) is 36.8 Å². The number of amides is 4. The number of ether oxygens (including phenoxy) is 2. The molecule has 10 nitrogen and oxygen atoms in total. The lowest BCUT2D eigenvalue weighted by Gasteiger charge is -2.35. The van der Waals surface area contributed by atoms with Crippen LogP contribution in [0.1, 0.15) is 63.2 Å². The van der Waals surface area contributed by atoms with E-state index in [1.165, 1.54) is 28.0 Å². The molecule has 3 N–H and O–H groups in total. The number of urea groups is 1. The van der Waals surface area contributed by atoms with Gasteiger partial charge in [0.25, 0.3) is 5.91 Å². The summed E-state index contributed by atoms with van der Waals surface area (Å²) in [4.78, 5) is 42.4. The third-order valence-corrected chi connectivity index (χ3v) is 7.80. The van der Waals surface area contributed by atoms with Gasteiger partial charge < -0.3 is 35.0 Å². The number of carbonyl (C=O) groups excluding carboxylic acids is 3. The summed E-state index contributed by atoms with van der Waals surface area (Å²) < 4.78 is 50.4. The van der Waals surface area contributed by atoms with Gasteiger partial charge in [-0.3, -0.25) is 9.59 Å². The van der Waals surface area contributed by atoms with Crippen molar-refractivity contribution in [1.82, 2.24) is 9.80 Å². The minimum atomic E-state index is -4.48. The van der Waals surface area contributed by atoms with Gasteiger partial charge in [-0.15, -0.1) is 0 Å². The SMILES string of the molecule is C[C@@H]1CN([C@@H](C)CO)C(=O)c2cc(NC(=O)CCC(F)(F)F)ccc2O[C@@H](C)CCCCO[C@H]1CN(C)C(=O)Nc1ccccc1. The summed E-state index contributed by atoms with van der Waals surface area (Å²) in [6, 6.07) is 12.5. The molecule has 0 spiro atoms. The van der Waals surface area contributed by atoms with E-state index in [1.807, 2.05) is 32.0 Å². The number of anilines is 2. The van der Waals surface area contributed by atoms with Crippen molar-refractivity contribution in [2.45, 2.75) is 77.3 Å². The zero-order valence-electron chi connectivity index (χ0n) is 26.8. The van der Waals surface area contributed by atoms with Crippen molar-refractivity contribution in [2.75, 3.05) is 44.0 Å². The highest BCUT2D eigenvalue weighted by atomic mass is 19.4. The predicted molar refractivity (Wildman–Crippen MR) is 169 cm³/mol. The minimum Gasteiger partial charge on any atom is -0.490 e. The monoisotopic (exact) mass is 650 g/mol. The van der Waals surface area contributed by atoms with Crippen LogP contribution < -0.4 is 15.4 Å². The normalized spacial score (nSPS) is 20.5. The maximum atomic E-state index is 14.2. The average molecular weight is 651 g/mol. The summed E-state index contributed by atoms with van der Waals surface area (Å²) in [6.07, 6.45) is -5.07. The summed E-state index contributed by atoms with van der Waals surface area (Å²) >= 11 is 0. The summed E-state index contributed by atoms with van der Waals surface area (Å²) in [6.45, 7) is 5.94. The van der Waals surface area contributed by atoms with Crippen molar-refractivity contribution in [3.05, 3.63) is 54.1 Å². The molecule has 2 aromatic carbocycles. The summed E-state index contributed by atoms with van der Waals surface area (Å²) in [5.41, 5.74) is 0.897. The number of rotatable bonds is 8. The standard InChI is InChI=1S/C33H45F3N4O6/c1-22-19-40(23(2)21-41)31(43)27-18-26(37-30(42)15-16-33(34,35)36)13-14-28(27)46-24(3)10-8-9-17-45-29(22)20-39(4)32(44)38-25-11-6-5-7-12-25/h5-7,11-14,18,22-24,29,41H,8-10,15-17,19-21H2,1-4H3,(H,37,42)(H,38,44)/t22-,23+,24+,29+/m1/s1. The number of hydrogen-bond donors (Lipinski definition) is 3. The van der Waals surface area contributed by atoms with E-state index < -0.39 is 43.0 Å². The molecular weight excluding hydrogens is 605 g/mol. The maximum absolute atomic E-state index is 14.2. The molecule has 46 heavy (non-hydrogen) atoms. The molecule has 13 heteroatoms. The van der Waals surface area contributed by atoms with Gasteiger partial charge in [-0.1, -0.05) is 25.1 Å². The largest absolute Gasteiger partial charge is 0.490 e. The van der Waals surface area contributed by atoms with E-state index in [0.29, 0.717) is 18.7 Å². The first-order valence-corrected chi connectivity index (χ1v) is 15.5. The molecule has 1 aliphatic rings.